The van der Waals surface area contributed by atoms with E-state index < -0.39 is 0 Å². The van der Waals surface area contributed by atoms with E-state index in [2.05, 4.69) is 16.7 Å². The van der Waals surface area contributed by atoms with Crippen molar-refractivity contribution in [3.63, 3.8) is 0 Å². The fourth-order valence-electron chi connectivity index (χ4n) is 7.42. The third-order valence-corrected chi connectivity index (χ3v) is 9.34. The molecule has 1 aromatic rings. The molecule has 8 heteroatoms. The second kappa shape index (κ2) is 7.83. The molecule has 0 aromatic heterocycles. The predicted molar refractivity (Wildman–Crippen MR) is 123 cm³/mol. The van der Waals surface area contributed by atoms with Crippen molar-refractivity contribution in [1.29, 1.82) is 0 Å². The molecule has 6 unspecified atom stereocenters. The molecule has 0 radical (unpaired) electrons. The minimum Gasteiger partial charge on any atom is -0.733 e. The van der Waals surface area contributed by atoms with E-state index in [9.17, 15) is 10.0 Å². The van der Waals surface area contributed by atoms with Crippen molar-refractivity contribution < 1.29 is 19.5 Å². The summed E-state index contributed by atoms with van der Waals surface area (Å²) < 4.78 is 12.0. The number of epoxide rings is 1. The summed E-state index contributed by atoms with van der Waals surface area (Å²) in [6, 6.07) is 6.98. The van der Waals surface area contributed by atoms with Gasteiger partial charge in [0.1, 0.15) is 6.10 Å². The number of hydrogen-bond acceptors (Lipinski definition) is 8. The number of carbonyl (C=O) groups is 1. The zero-order valence-corrected chi connectivity index (χ0v) is 19.3. The zero-order chi connectivity index (χ0) is 22.8. The number of carbonyl (C=O) groups excluding carboxylic acids is 1. The van der Waals surface area contributed by atoms with Gasteiger partial charge in [-0.3, -0.25) is 14.9 Å². The molecule has 1 spiro atoms. The molecule has 0 amide bonds. The number of rotatable bonds is 4. The van der Waals surface area contributed by atoms with Crippen LogP contribution in [0.25, 0.3) is 0 Å². The fourth-order valence-corrected chi connectivity index (χ4v) is 7.42. The summed E-state index contributed by atoms with van der Waals surface area (Å²) >= 11 is 0. The van der Waals surface area contributed by atoms with E-state index in [1.807, 2.05) is 12.1 Å². The first kappa shape index (κ1) is 21.6. The molecule has 8 nitrogen and oxygen atoms in total. The van der Waals surface area contributed by atoms with Gasteiger partial charge in [-0.2, -0.15) is 0 Å². The Morgan fingerprint density at radius 2 is 1.91 bits per heavy atom. The van der Waals surface area contributed by atoms with Gasteiger partial charge in [0.15, 0.2) is 0 Å². The molecule has 6 rings (SSSR count). The van der Waals surface area contributed by atoms with Crippen LogP contribution in [0.5, 0.6) is 0 Å². The monoisotopic (exact) mass is 456 g/mol. The molecule has 2 aliphatic carbocycles. The van der Waals surface area contributed by atoms with Gasteiger partial charge in [0, 0.05) is 44.3 Å². The van der Waals surface area contributed by atoms with E-state index in [1.54, 1.807) is 12.1 Å². The van der Waals surface area contributed by atoms with Gasteiger partial charge in [0.2, 0.25) is 0 Å². The molecule has 33 heavy (non-hydrogen) atoms. The van der Waals surface area contributed by atoms with Crippen LogP contribution in [0.15, 0.2) is 24.3 Å². The molecule has 5 aliphatic rings. The van der Waals surface area contributed by atoms with Crippen LogP contribution in [0.1, 0.15) is 39.0 Å². The lowest BCUT2D eigenvalue weighted by molar-refractivity contribution is -0.147. The third-order valence-electron chi connectivity index (χ3n) is 9.34. The van der Waals surface area contributed by atoms with Crippen molar-refractivity contribution in [1.82, 2.24) is 4.90 Å². The number of benzene rings is 1. The Balaban J connectivity index is 1.09. The van der Waals surface area contributed by atoms with Gasteiger partial charge < -0.3 is 24.8 Å². The van der Waals surface area contributed by atoms with Crippen molar-refractivity contribution in [2.24, 2.45) is 23.2 Å². The molecule has 1 N–H and O–H groups in total. The SMILES string of the molecule is CC12CCCC3(CO3)C1CC1C(C2)OC(=O)C1CN1CCN(c2ccc(N([O-])O)cc2)CC1. The first-order chi connectivity index (χ1) is 15.9. The number of ether oxygens (including phenoxy) is 2. The average molecular weight is 457 g/mol. The van der Waals surface area contributed by atoms with Crippen LogP contribution in [-0.2, 0) is 14.3 Å². The first-order valence-corrected chi connectivity index (χ1v) is 12.4. The Morgan fingerprint density at radius 1 is 1.18 bits per heavy atom. The molecular weight excluding hydrogens is 422 g/mol. The van der Waals surface area contributed by atoms with E-state index in [1.165, 1.54) is 19.3 Å². The highest BCUT2D eigenvalue weighted by Gasteiger charge is 2.65. The minimum absolute atomic E-state index is 0.00204. The van der Waals surface area contributed by atoms with Crippen LogP contribution in [0.4, 0.5) is 11.4 Å². The normalized spacial score (nSPS) is 40.3. The van der Waals surface area contributed by atoms with E-state index in [-0.39, 0.29) is 39.9 Å². The lowest BCUT2D eigenvalue weighted by Crippen LogP contribution is -2.52. The lowest BCUT2D eigenvalue weighted by Gasteiger charge is -2.51. The van der Waals surface area contributed by atoms with Gasteiger partial charge in [-0.05, 0) is 67.7 Å². The predicted octanol–water partition coefficient (Wildman–Crippen LogP) is 3.03. The zero-order valence-electron chi connectivity index (χ0n) is 19.3. The summed E-state index contributed by atoms with van der Waals surface area (Å²) in [6.45, 7) is 7.60. The van der Waals surface area contributed by atoms with Gasteiger partial charge in [-0.15, -0.1) is 0 Å². The van der Waals surface area contributed by atoms with E-state index >= 15 is 0 Å². The van der Waals surface area contributed by atoms with Gasteiger partial charge in [-0.1, -0.05) is 6.92 Å². The third kappa shape index (κ3) is 3.71. The van der Waals surface area contributed by atoms with Crippen molar-refractivity contribution in [3.8, 4) is 0 Å². The highest BCUT2D eigenvalue weighted by Crippen LogP contribution is 2.62. The van der Waals surface area contributed by atoms with Gasteiger partial charge in [-0.25, -0.2) is 0 Å². The number of hydrogen-bond donors (Lipinski definition) is 1. The number of fused-ring (bicyclic) bond motifs is 3. The number of esters is 1. The van der Waals surface area contributed by atoms with Crippen LogP contribution >= 0.6 is 0 Å². The largest absolute Gasteiger partial charge is 0.733 e. The Morgan fingerprint density at radius 3 is 2.58 bits per heavy atom. The second-order valence-corrected chi connectivity index (χ2v) is 11.2. The van der Waals surface area contributed by atoms with Crippen LogP contribution in [-0.4, -0.2) is 67.1 Å². The maximum Gasteiger partial charge on any atom is 0.310 e. The maximum absolute atomic E-state index is 12.9. The van der Waals surface area contributed by atoms with Gasteiger partial charge in [0.05, 0.1) is 23.8 Å². The Hall–Kier alpha value is -1.87. The summed E-state index contributed by atoms with van der Waals surface area (Å²) in [5.41, 5.74) is 1.60. The minimum atomic E-state index is -0.117. The smallest absolute Gasteiger partial charge is 0.310 e. The molecule has 180 valence electrons. The Labute approximate surface area is 195 Å². The number of nitrogens with zero attached hydrogens (tertiary/aromatic N) is 3. The summed E-state index contributed by atoms with van der Waals surface area (Å²) in [5, 5.41) is 19.9. The van der Waals surface area contributed by atoms with Crippen LogP contribution in [0.2, 0.25) is 0 Å². The molecule has 2 saturated carbocycles. The second-order valence-electron chi connectivity index (χ2n) is 11.2. The number of anilines is 2. The number of piperazine rings is 1. The summed E-state index contributed by atoms with van der Waals surface area (Å²) in [7, 11) is 0. The molecule has 6 atom stereocenters. The highest BCUT2D eigenvalue weighted by atomic mass is 16.8. The summed E-state index contributed by atoms with van der Waals surface area (Å²) in [4.78, 5) is 17.6. The molecule has 5 fully saturated rings. The van der Waals surface area contributed by atoms with Gasteiger partial charge >= 0.3 is 5.97 Å². The average Bonchev–Trinajstić information content (AvgIpc) is 3.51. The lowest BCUT2D eigenvalue weighted by atomic mass is 9.53. The molecule has 3 heterocycles. The van der Waals surface area contributed by atoms with Crippen molar-refractivity contribution in [3.05, 3.63) is 29.5 Å². The van der Waals surface area contributed by atoms with Crippen molar-refractivity contribution in [2.45, 2.75) is 50.7 Å². The maximum atomic E-state index is 12.9. The van der Waals surface area contributed by atoms with E-state index in [0.29, 0.717) is 11.8 Å². The Kier molecular flexibility index (Phi) is 5.14. The van der Waals surface area contributed by atoms with E-state index in [0.717, 1.165) is 57.9 Å². The molecule has 3 aliphatic heterocycles. The standard InChI is InChI=1S/C25H34N3O5/c1-24-7-2-8-25(16-32-25)22(24)13-19-20(23(29)33-21(19)14-24)15-26-9-11-27(12-10-26)17-3-5-18(6-4-17)28(30)31/h3-6,19-22,30H,2,7-16H2,1H3/q-1. The topological polar surface area (TPSA) is 91.8 Å². The molecule has 1 aromatic carbocycles. The summed E-state index contributed by atoms with van der Waals surface area (Å²) in [6.07, 6.45) is 5.76. The van der Waals surface area contributed by atoms with Crippen molar-refractivity contribution >= 4 is 17.3 Å². The van der Waals surface area contributed by atoms with Crippen LogP contribution in [0.3, 0.4) is 0 Å². The fraction of sp³-hybridized carbons (Fsp3) is 0.720. The van der Waals surface area contributed by atoms with Crippen molar-refractivity contribution in [2.75, 3.05) is 49.5 Å². The van der Waals surface area contributed by atoms with Crippen LogP contribution < -0.4 is 10.1 Å². The highest BCUT2D eigenvalue weighted by molar-refractivity contribution is 5.75. The molecular formula is C25H34N3O5-. The van der Waals surface area contributed by atoms with E-state index in [4.69, 9.17) is 14.7 Å². The Bertz CT molecular complexity index is 896. The van der Waals surface area contributed by atoms with Crippen LogP contribution in [0, 0.1) is 28.4 Å². The molecule has 0 bridgehead atoms. The van der Waals surface area contributed by atoms with Gasteiger partial charge in [0.25, 0.3) is 0 Å². The quantitative estimate of drug-likeness (QED) is 0.420. The first-order valence-electron chi connectivity index (χ1n) is 12.4. The summed E-state index contributed by atoms with van der Waals surface area (Å²) in [5.74, 6) is 0.840. The molecule has 3 saturated heterocycles.